The minimum atomic E-state index is -0.564. The van der Waals surface area contributed by atoms with E-state index in [4.69, 9.17) is 0 Å². The van der Waals surface area contributed by atoms with Gasteiger partial charge in [0.2, 0.25) is 0 Å². The van der Waals surface area contributed by atoms with E-state index in [0.717, 1.165) is 25.6 Å². The number of hydrogen-bond acceptors (Lipinski definition) is 2. The molecular weight excluding hydrogens is 253 g/mol. The van der Waals surface area contributed by atoms with Crippen LogP contribution in [0, 0.1) is 18.7 Å². The van der Waals surface area contributed by atoms with E-state index in [1.54, 1.807) is 13.0 Å². The van der Waals surface area contributed by atoms with E-state index in [9.17, 15) is 9.50 Å². The van der Waals surface area contributed by atoms with Crippen LogP contribution in [0.1, 0.15) is 49.8 Å². The molecule has 2 rings (SSSR count). The van der Waals surface area contributed by atoms with E-state index in [2.05, 4.69) is 11.8 Å². The van der Waals surface area contributed by atoms with E-state index in [1.807, 2.05) is 6.07 Å². The van der Waals surface area contributed by atoms with Crippen LogP contribution in [0.25, 0.3) is 0 Å². The van der Waals surface area contributed by atoms with Gasteiger partial charge in [-0.15, -0.1) is 0 Å². The SMILES string of the molecule is Cc1ccc(C(O)CCN2CCCC(C)CC2)cc1F. The van der Waals surface area contributed by atoms with Gasteiger partial charge in [0.1, 0.15) is 5.82 Å². The highest BCUT2D eigenvalue weighted by atomic mass is 19.1. The number of aryl methyl sites for hydroxylation is 1. The number of aliphatic hydroxyl groups excluding tert-OH is 1. The van der Waals surface area contributed by atoms with Gasteiger partial charge >= 0.3 is 0 Å². The lowest BCUT2D eigenvalue weighted by atomic mass is 10.0. The number of aliphatic hydroxyl groups is 1. The molecule has 1 fully saturated rings. The first-order valence-electron chi connectivity index (χ1n) is 7.72. The van der Waals surface area contributed by atoms with Gasteiger partial charge in [-0.1, -0.05) is 19.1 Å². The molecule has 0 spiro atoms. The highest BCUT2D eigenvalue weighted by molar-refractivity contribution is 5.24. The number of benzene rings is 1. The van der Waals surface area contributed by atoms with E-state index in [-0.39, 0.29) is 5.82 Å². The lowest BCUT2D eigenvalue weighted by Gasteiger charge is -2.22. The standard InChI is InChI=1S/C17H26FNO/c1-13-4-3-9-19(10-7-13)11-8-17(20)15-6-5-14(2)16(18)12-15/h5-6,12-13,17,20H,3-4,7-11H2,1-2H3. The van der Waals surface area contributed by atoms with Crippen molar-refractivity contribution in [1.29, 1.82) is 0 Å². The number of nitrogens with zero attached hydrogens (tertiary/aromatic N) is 1. The van der Waals surface area contributed by atoms with Crippen molar-refractivity contribution in [3.05, 3.63) is 35.1 Å². The first kappa shape index (κ1) is 15.5. The Hall–Kier alpha value is -0.930. The quantitative estimate of drug-likeness (QED) is 0.909. The molecular formula is C17H26FNO. The molecule has 1 heterocycles. The van der Waals surface area contributed by atoms with Gasteiger partial charge in [0.25, 0.3) is 0 Å². The van der Waals surface area contributed by atoms with Gasteiger partial charge in [0.15, 0.2) is 0 Å². The summed E-state index contributed by atoms with van der Waals surface area (Å²) in [5, 5.41) is 10.2. The molecule has 0 aromatic heterocycles. The average Bonchev–Trinajstić information content (AvgIpc) is 2.64. The molecule has 0 radical (unpaired) electrons. The Balaban J connectivity index is 1.85. The minimum Gasteiger partial charge on any atom is -0.388 e. The Morgan fingerprint density at radius 3 is 2.90 bits per heavy atom. The van der Waals surface area contributed by atoms with Crippen molar-refractivity contribution in [2.75, 3.05) is 19.6 Å². The second kappa shape index (κ2) is 7.19. The summed E-state index contributed by atoms with van der Waals surface area (Å²) in [7, 11) is 0. The van der Waals surface area contributed by atoms with E-state index in [0.29, 0.717) is 17.5 Å². The monoisotopic (exact) mass is 279 g/mol. The molecule has 2 atom stereocenters. The molecule has 2 nitrogen and oxygen atoms in total. The number of hydrogen-bond donors (Lipinski definition) is 1. The minimum absolute atomic E-state index is 0.231. The van der Waals surface area contributed by atoms with Gasteiger partial charge in [-0.3, -0.25) is 0 Å². The predicted molar refractivity (Wildman–Crippen MR) is 80.2 cm³/mol. The van der Waals surface area contributed by atoms with Gasteiger partial charge < -0.3 is 10.0 Å². The van der Waals surface area contributed by atoms with Crippen LogP contribution in [0.2, 0.25) is 0 Å². The molecule has 112 valence electrons. The molecule has 2 unspecified atom stereocenters. The summed E-state index contributed by atoms with van der Waals surface area (Å²) in [6.45, 7) is 7.19. The molecule has 20 heavy (non-hydrogen) atoms. The Morgan fingerprint density at radius 2 is 2.15 bits per heavy atom. The van der Waals surface area contributed by atoms with Crippen molar-refractivity contribution in [3.63, 3.8) is 0 Å². The van der Waals surface area contributed by atoms with Gasteiger partial charge in [-0.05, 0) is 68.8 Å². The third-order valence-corrected chi connectivity index (χ3v) is 4.41. The first-order chi connectivity index (χ1) is 9.56. The summed E-state index contributed by atoms with van der Waals surface area (Å²) in [4.78, 5) is 2.43. The fraction of sp³-hybridized carbons (Fsp3) is 0.647. The van der Waals surface area contributed by atoms with Crippen LogP contribution in [0.4, 0.5) is 4.39 Å². The highest BCUT2D eigenvalue weighted by Crippen LogP contribution is 2.21. The lowest BCUT2D eigenvalue weighted by Crippen LogP contribution is -2.27. The van der Waals surface area contributed by atoms with Crippen molar-refractivity contribution >= 4 is 0 Å². The Kier molecular flexibility index (Phi) is 5.55. The van der Waals surface area contributed by atoms with E-state index >= 15 is 0 Å². The molecule has 1 saturated heterocycles. The molecule has 0 bridgehead atoms. The van der Waals surface area contributed by atoms with Crippen LogP contribution in [0.3, 0.4) is 0 Å². The third-order valence-electron chi connectivity index (χ3n) is 4.41. The Bertz CT molecular complexity index is 435. The van der Waals surface area contributed by atoms with Crippen LogP contribution in [-0.4, -0.2) is 29.6 Å². The van der Waals surface area contributed by atoms with E-state index in [1.165, 1.54) is 25.3 Å². The molecule has 1 aromatic carbocycles. The zero-order chi connectivity index (χ0) is 14.5. The fourth-order valence-electron chi connectivity index (χ4n) is 2.83. The highest BCUT2D eigenvalue weighted by Gasteiger charge is 2.16. The molecule has 0 saturated carbocycles. The topological polar surface area (TPSA) is 23.5 Å². The molecule has 1 aliphatic heterocycles. The molecule has 1 aliphatic rings. The lowest BCUT2D eigenvalue weighted by molar-refractivity contribution is 0.142. The number of rotatable bonds is 4. The van der Waals surface area contributed by atoms with Crippen molar-refractivity contribution in [1.82, 2.24) is 4.90 Å². The summed E-state index contributed by atoms with van der Waals surface area (Å²) >= 11 is 0. The van der Waals surface area contributed by atoms with Crippen molar-refractivity contribution in [3.8, 4) is 0 Å². The summed E-state index contributed by atoms with van der Waals surface area (Å²) in [6.07, 6.45) is 3.91. The third kappa shape index (κ3) is 4.29. The van der Waals surface area contributed by atoms with Gasteiger partial charge in [-0.25, -0.2) is 4.39 Å². The second-order valence-electron chi connectivity index (χ2n) is 6.19. The normalized spacial score (nSPS) is 22.5. The molecule has 1 aromatic rings. The van der Waals surface area contributed by atoms with Crippen molar-refractivity contribution in [2.45, 2.75) is 45.6 Å². The zero-order valence-corrected chi connectivity index (χ0v) is 12.6. The van der Waals surface area contributed by atoms with E-state index < -0.39 is 6.10 Å². The number of halogens is 1. The van der Waals surface area contributed by atoms with Gasteiger partial charge in [-0.2, -0.15) is 0 Å². The largest absolute Gasteiger partial charge is 0.388 e. The van der Waals surface area contributed by atoms with Crippen LogP contribution in [0.15, 0.2) is 18.2 Å². The maximum absolute atomic E-state index is 13.5. The maximum atomic E-state index is 13.5. The summed E-state index contributed by atoms with van der Waals surface area (Å²) < 4.78 is 13.5. The Morgan fingerprint density at radius 1 is 1.35 bits per heavy atom. The number of likely N-dealkylation sites (tertiary alicyclic amines) is 1. The zero-order valence-electron chi connectivity index (χ0n) is 12.6. The van der Waals surface area contributed by atoms with Crippen LogP contribution in [0.5, 0.6) is 0 Å². The second-order valence-corrected chi connectivity index (χ2v) is 6.19. The average molecular weight is 279 g/mol. The fourth-order valence-corrected chi connectivity index (χ4v) is 2.83. The van der Waals surface area contributed by atoms with Crippen LogP contribution >= 0.6 is 0 Å². The van der Waals surface area contributed by atoms with Crippen molar-refractivity contribution in [2.24, 2.45) is 5.92 Å². The summed E-state index contributed by atoms with van der Waals surface area (Å²) in [5.74, 6) is 0.585. The molecule has 0 amide bonds. The summed E-state index contributed by atoms with van der Waals surface area (Å²) in [6, 6.07) is 5.03. The molecule has 3 heteroatoms. The van der Waals surface area contributed by atoms with Crippen molar-refractivity contribution < 1.29 is 9.50 Å². The first-order valence-corrected chi connectivity index (χ1v) is 7.72. The Labute approximate surface area is 121 Å². The predicted octanol–water partition coefficient (Wildman–Crippen LogP) is 3.68. The van der Waals surface area contributed by atoms with Crippen LogP contribution < -0.4 is 0 Å². The smallest absolute Gasteiger partial charge is 0.126 e. The molecule has 1 N–H and O–H groups in total. The van der Waals surface area contributed by atoms with Gasteiger partial charge in [0, 0.05) is 6.54 Å². The van der Waals surface area contributed by atoms with Crippen LogP contribution in [-0.2, 0) is 0 Å². The van der Waals surface area contributed by atoms with Gasteiger partial charge in [0.05, 0.1) is 6.10 Å². The molecule has 0 aliphatic carbocycles. The maximum Gasteiger partial charge on any atom is 0.126 e. The summed E-state index contributed by atoms with van der Waals surface area (Å²) in [5.41, 5.74) is 1.32.